The van der Waals surface area contributed by atoms with E-state index in [1.165, 1.54) is 43.0 Å². The molecule has 586 valence electrons. The molecule has 11 rings (SSSR count). The first-order valence-corrected chi connectivity index (χ1v) is 45.8. The van der Waals surface area contributed by atoms with Gasteiger partial charge in [0.1, 0.15) is 22.3 Å². The second-order valence-corrected chi connectivity index (χ2v) is 52.2. The van der Waals surface area contributed by atoms with Gasteiger partial charge in [-0.05, 0) is 121 Å². The summed E-state index contributed by atoms with van der Waals surface area (Å²) in [4.78, 5) is 0. The van der Waals surface area contributed by atoms with Crippen LogP contribution in [0.1, 0.15) is 252 Å². The van der Waals surface area contributed by atoms with Crippen molar-refractivity contribution in [2.24, 2.45) is 11.8 Å². The van der Waals surface area contributed by atoms with E-state index >= 15 is 0 Å². The second-order valence-electron chi connectivity index (χ2n) is 41.5. The van der Waals surface area contributed by atoms with E-state index in [2.05, 4.69) is 378 Å². The smallest absolute Gasteiger partial charge is 0.387 e. The van der Waals surface area contributed by atoms with E-state index in [9.17, 15) is 0 Å². The van der Waals surface area contributed by atoms with Gasteiger partial charge in [0.15, 0.2) is 0 Å². The molecule has 10 aromatic rings. The summed E-state index contributed by atoms with van der Waals surface area (Å²) in [6, 6.07) is 62.6. The van der Waals surface area contributed by atoms with E-state index in [4.69, 9.17) is 39.4 Å². The summed E-state index contributed by atoms with van der Waals surface area (Å²) in [6.07, 6.45) is -1.17. The molecule has 0 spiro atoms. The van der Waals surface area contributed by atoms with Crippen LogP contribution in [-0.2, 0) is 56.9 Å². The minimum Gasteiger partial charge on any atom is -0.405 e. The average Bonchev–Trinajstić information content (AvgIpc) is 1.73. The Morgan fingerprint density at radius 2 is 0.486 bits per heavy atom. The van der Waals surface area contributed by atoms with Gasteiger partial charge in [-0.25, -0.2) is 0 Å². The zero-order valence-corrected chi connectivity index (χ0v) is 75.7. The molecule has 1 aliphatic rings. The van der Waals surface area contributed by atoms with Gasteiger partial charge < -0.3 is 30.4 Å². The topological polar surface area (TPSA) is 98.7 Å². The van der Waals surface area contributed by atoms with Gasteiger partial charge >= 0.3 is 16.5 Å². The highest BCUT2D eigenvalue weighted by Gasteiger charge is 2.55. The molecule has 109 heavy (non-hydrogen) atoms. The molecule has 8 aromatic carbocycles. The first-order valence-electron chi connectivity index (χ1n) is 39.8. The molecular weight excluding hydrogens is 1420 g/mol. The number of fused-ring (bicyclic) bond motifs is 6. The lowest BCUT2D eigenvalue weighted by molar-refractivity contribution is -0.0225. The monoisotopic (exact) mass is 1540 g/mol. The molecule has 9 nitrogen and oxygen atoms in total. The van der Waals surface area contributed by atoms with Crippen molar-refractivity contribution in [1.29, 1.82) is 0 Å². The van der Waals surface area contributed by atoms with Crippen molar-refractivity contribution in [3.8, 4) is 0 Å². The third-order valence-electron chi connectivity index (χ3n) is 22.7. The van der Waals surface area contributed by atoms with Crippen molar-refractivity contribution in [1.82, 2.24) is 0 Å². The third kappa shape index (κ3) is 17.3. The van der Waals surface area contributed by atoms with Gasteiger partial charge in [-0.1, -0.05) is 353 Å². The summed E-state index contributed by atoms with van der Waals surface area (Å²) in [6.45, 7) is 69.8. The van der Waals surface area contributed by atoms with E-state index in [1.807, 2.05) is 0 Å². The molecule has 0 radical (unpaired) electrons. The molecule has 13 heteroatoms. The molecular formula is C96H130O9P2Si2. The maximum Gasteiger partial charge on any atom is 0.387 e. The number of hydrogen-bond donors (Lipinski definition) is 0. The molecule has 0 saturated carbocycles. The van der Waals surface area contributed by atoms with Crippen LogP contribution in [0.4, 0.5) is 0 Å². The summed E-state index contributed by atoms with van der Waals surface area (Å²) in [5, 5.41) is 8.05. The number of hydrogen-bond acceptors (Lipinski definition) is 9. The molecule has 0 bridgehead atoms. The summed E-state index contributed by atoms with van der Waals surface area (Å²) >= 11 is 0. The van der Waals surface area contributed by atoms with E-state index in [0.29, 0.717) is 0 Å². The minimum absolute atomic E-state index is 0.142. The molecule has 0 N–H and O–H groups in total. The van der Waals surface area contributed by atoms with Gasteiger partial charge in [-0.15, -0.1) is 0 Å². The van der Waals surface area contributed by atoms with Crippen LogP contribution in [0.25, 0.3) is 43.9 Å². The fourth-order valence-electron chi connectivity index (χ4n) is 16.1. The van der Waals surface area contributed by atoms with Gasteiger partial charge in [-0.2, -0.15) is 0 Å². The van der Waals surface area contributed by atoms with E-state index in [1.54, 1.807) is 0 Å². The summed E-state index contributed by atoms with van der Waals surface area (Å²) in [5.74, 6) is -0.863. The molecule has 4 atom stereocenters. The maximum absolute atomic E-state index is 8.13. The SMILES string of the molecule is CC(C)(C)c1cc(C(C)(C)C)c2op(OC[C@H]3[C@H](COp4oc5c(C(C)(C)C)cc(C(C)(C)C)cc5c5cc(C(C)(C)C)cc(C(C)(C)C)c5o4)C(CO[Si](c4ccccc4)(c4ccccc4)C(C)(C)C)O[C@@H]3CO[Si](c3ccccc3)(c3ccccc3)C(C)(C)C)oc3c(C(C)(C)C)cc(C(C)(C)C)cc3c2c1. The van der Waals surface area contributed by atoms with Crippen molar-refractivity contribution in [3.63, 3.8) is 0 Å². The average molecular weight is 1550 g/mol. The minimum atomic E-state index is -3.23. The van der Waals surface area contributed by atoms with Gasteiger partial charge in [0, 0.05) is 55.6 Å². The van der Waals surface area contributed by atoms with Crippen LogP contribution >= 0.6 is 16.5 Å². The quantitative estimate of drug-likeness (QED) is 0.0876. The predicted molar refractivity (Wildman–Crippen MR) is 468 cm³/mol. The predicted octanol–water partition coefficient (Wildman–Crippen LogP) is 25.0. The zero-order valence-electron chi connectivity index (χ0n) is 71.9. The fraction of sp³-hybridized carbons (Fsp3) is 0.500. The van der Waals surface area contributed by atoms with Crippen LogP contribution < -0.4 is 29.8 Å². The molecule has 1 aliphatic heterocycles. The van der Waals surface area contributed by atoms with E-state index < -0.39 is 57.2 Å². The molecule has 2 aromatic heterocycles. The highest BCUT2D eigenvalue weighted by Crippen LogP contribution is 2.51. The Morgan fingerprint density at radius 3 is 0.670 bits per heavy atom. The van der Waals surface area contributed by atoms with Crippen molar-refractivity contribution >= 4 is 97.7 Å². The zero-order chi connectivity index (χ0) is 80.0. The Labute approximate surface area is 658 Å². The van der Waals surface area contributed by atoms with Crippen molar-refractivity contribution in [2.75, 3.05) is 26.4 Å². The molecule has 1 saturated heterocycles. The second kappa shape index (κ2) is 30.3. The highest BCUT2D eigenvalue weighted by atomic mass is 31.1. The van der Waals surface area contributed by atoms with Crippen LogP contribution in [0, 0.1) is 11.8 Å². The number of rotatable bonds is 16. The molecule has 0 aliphatic carbocycles. The lowest BCUT2D eigenvalue weighted by Crippen LogP contribution is -2.67. The molecule has 1 fully saturated rings. The Morgan fingerprint density at radius 1 is 0.275 bits per heavy atom. The Balaban J connectivity index is 1.20. The first kappa shape index (κ1) is 83.7. The number of benzene rings is 8. The normalized spacial score (nSPS) is 17.2. The van der Waals surface area contributed by atoms with E-state index in [0.717, 1.165) is 66.1 Å². The lowest BCUT2D eigenvalue weighted by atomic mass is 9.77. The van der Waals surface area contributed by atoms with Crippen molar-refractivity contribution in [3.05, 3.63) is 214 Å². The third-order valence-corrected chi connectivity index (χ3v) is 34.7. The van der Waals surface area contributed by atoms with Gasteiger partial charge in [-0.3, -0.25) is 9.05 Å². The Hall–Kier alpha value is -6.21. The van der Waals surface area contributed by atoms with Gasteiger partial charge in [0.25, 0.3) is 16.6 Å². The van der Waals surface area contributed by atoms with Crippen LogP contribution in [0.5, 0.6) is 0 Å². The highest BCUT2D eigenvalue weighted by molar-refractivity contribution is 7.32. The fourth-order valence-corrected chi connectivity index (χ4v) is 27.5. The summed E-state index contributed by atoms with van der Waals surface area (Å²) in [5.41, 5.74) is 10.3. The lowest BCUT2D eigenvalue weighted by Gasteiger charge is -2.44. The van der Waals surface area contributed by atoms with Crippen molar-refractivity contribution in [2.45, 2.75) is 273 Å². The maximum atomic E-state index is 8.13. The molecule has 0 amide bonds. The van der Waals surface area contributed by atoms with Crippen LogP contribution in [0.3, 0.4) is 0 Å². The van der Waals surface area contributed by atoms with Gasteiger partial charge in [0.05, 0.1) is 38.6 Å². The van der Waals surface area contributed by atoms with E-state index in [-0.39, 0.29) is 79.8 Å². The van der Waals surface area contributed by atoms with Crippen LogP contribution in [0.2, 0.25) is 10.1 Å². The largest absolute Gasteiger partial charge is 0.405 e. The summed E-state index contributed by atoms with van der Waals surface area (Å²) < 4.78 is 70.4. The summed E-state index contributed by atoms with van der Waals surface area (Å²) in [7, 11) is -10.9. The standard InChI is InChI=1S/C96H130O9P2Si2/c1-87(2,3)63-51-71-72-52-64(88(4,5)6)56-78(92(16,17)18)84(72)103-106(102-83(71)77(55-63)91(13,14)15)97-59-75-76(60-98-107-104-85-73(53-65(89(7,8)9)57-79(85)93(19,20)21)74-54-66(90(10,11)12)58-80(86(74)105-107)94(22,23)24)82(62-100-109(96(28,29)30,69-47-39-33-40-48-69)70-49-41-34-42-50-70)101-81(75)61-99-108(95(25,26)27,67-43-35-31-36-44-67)68-45-37-32-38-46-68/h31-58,75-76,81-82H,59-62H2,1-30H3/t75-,76-,81+,82?/m0/s1. The molecule has 1 unspecified atom stereocenters. The first-order chi connectivity index (χ1) is 50.3. The van der Waals surface area contributed by atoms with Crippen molar-refractivity contribution < 1.29 is 39.4 Å². The van der Waals surface area contributed by atoms with Gasteiger partial charge in [0.2, 0.25) is 0 Å². The molecule has 3 heterocycles. The van der Waals surface area contributed by atoms with Crippen LogP contribution in [0.15, 0.2) is 187 Å². The Kier molecular flexibility index (Phi) is 23.3. The Bertz CT molecular complexity index is 4370. The van der Waals surface area contributed by atoms with Crippen LogP contribution in [-0.4, -0.2) is 55.3 Å². The number of ether oxygens (including phenoxy) is 1.